The van der Waals surface area contributed by atoms with Crippen molar-refractivity contribution in [1.29, 1.82) is 0 Å². The Morgan fingerprint density at radius 1 is 1.25 bits per heavy atom. The highest BCUT2D eigenvalue weighted by Gasteiger charge is 2.27. The van der Waals surface area contributed by atoms with Gasteiger partial charge in [-0.1, -0.05) is 12.8 Å². The SMILES string of the molecule is CC1CN(C(=O)CCNC(=O)C2CCCC2)C(C)CO1. The third-order valence-corrected chi connectivity index (χ3v) is 4.29. The lowest BCUT2D eigenvalue weighted by atomic mass is 10.1. The molecule has 20 heavy (non-hydrogen) atoms. The van der Waals surface area contributed by atoms with Gasteiger partial charge in [0.2, 0.25) is 11.8 Å². The summed E-state index contributed by atoms with van der Waals surface area (Å²) in [5, 5.41) is 2.90. The van der Waals surface area contributed by atoms with Crippen LogP contribution in [0, 0.1) is 5.92 Å². The molecule has 0 aromatic heterocycles. The molecule has 1 aliphatic heterocycles. The van der Waals surface area contributed by atoms with Crippen molar-refractivity contribution in [1.82, 2.24) is 10.2 Å². The van der Waals surface area contributed by atoms with Crippen LogP contribution < -0.4 is 5.32 Å². The summed E-state index contributed by atoms with van der Waals surface area (Å²) in [5.74, 6) is 0.408. The molecule has 0 bridgehead atoms. The number of ether oxygens (including phenoxy) is 1. The fourth-order valence-electron chi connectivity index (χ4n) is 3.02. The third kappa shape index (κ3) is 3.95. The van der Waals surface area contributed by atoms with Gasteiger partial charge in [-0.2, -0.15) is 0 Å². The maximum atomic E-state index is 12.2. The molecule has 0 aromatic carbocycles. The minimum absolute atomic E-state index is 0.100. The first kappa shape index (κ1) is 15.3. The molecule has 2 rings (SSSR count). The Morgan fingerprint density at radius 2 is 1.95 bits per heavy atom. The standard InChI is InChI=1S/C15H26N2O3/c1-11-10-20-12(2)9-17(11)14(18)7-8-16-15(19)13-5-3-4-6-13/h11-13H,3-10H2,1-2H3,(H,16,19). The van der Waals surface area contributed by atoms with Crippen LogP contribution >= 0.6 is 0 Å². The Kier molecular flexibility index (Phi) is 5.40. The highest BCUT2D eigenvalue weighted by Crippen LogP contribution is 2.24. The summed E-state index contributed by atoms with van der Waals surface area (Å²) >= 11 is 0. The van der Waals surface area contributed by atoms with E-state index in [4.69, 9.17) is 4.74 Å². The van der Waals surface area contributed by atoms with Gasteiger partial charge in [-0.15, -0.1) is 0 Å². The lowest BCUT2D eigenvalue weighted by Crippen LogP contribution is -2.50. The van der Waals surface area contributed by atoms with E-state index in [0.29, 0.717) is 26.1 Å². The average Bonchev–Trinajstić information content (AvgIpc) is 2.95. The summed E-state index contributed by atoms with van der Waals surface area (Å²) in [6.45, 7) is 5.68. The fraction of sp³-hybridized carbons (Fsp3) is 0.867. The smallest absolute Gasteiger partial charge is 0.224 e. The molecule has 1 aliphatic carbocycles. The molecule has 1 saturated carbocycles. The van der Waals surface area contributed by atoms with Crippen LogP contribution in [0.25, 0.3) is 0 Å². The molecular formula is C15H26N2O3. The minimum atomic E-state index is 0.100. The zero-order chi connectivity index (χ0) is 14.5. The van der Waals surface area contributed by atoms with E-state index in [1.54, 1.807) is 0 Å². The van der Waals surface area contributed by atoms with Crippen LogP contribution in [0.15, 0.2) is 0 Å². The Balaban J connectivity index is 1.70. The molecule has 0 radical (unpaired) electrons. The lowest BCUT2D eigenvalue weighted by molar-refractivity contribution is -0.143. The van der Waals surface area contributed by atoms with Crippen molar-refractivity contribution in [3.63, 3.8) is 0 Å². The van der Waals surface area contributed by atoms with Gasteiger partial charge in [-0.3, -0.25) is 9.59 Å². The quantitative estimate of drug-likeness (QED) is 0.846. The molecule has 1 saturated heterocycles. The van der Waals surface area contributed by atoms with Crippen LogP contribution in [0.2, 0.25) is 0 Å². The van der Waals surface area contributed by atoms with E-state index in [1.807, 2.05) is 18.7 Å². The van der Waals surface area contributed by atoms with E-state index in [-0.39, 0.29) is 29.9 Å². The van der Waals surface area contributed by atoms with Crippen LogP contribution in [0.4, 0.5) is 0 Å². The van der Waals surface area contributed by atoms with Gasteiger partial charge in [0.25, 0.3) is 0 Å². The zero-order valence-electron chi connectivity index (χ0n) is 12.6. The number of nitrogens with zero attached hydrogens (tertiary/aromatic N) is 1. The number of amides is 2. The van der Waals surface area contributed by atoms with E-state index in [9.17, 15) is 9.59 Å². The van der Waals surface area contributed by atoms with Gasteiger partial charge in [0, 0.05) is 25.4 Å². The molecule has 1 N–H and O–H groups in total. The number of hydrogen-bond donors (Lipinski definition) is 1. The van der Waals surface area contributed by atoms with E-state index >= 15 is 0 Å². The molecule has 1 heterocycles. The topological polar surface area (TPSA) is 58.6 Å². The van der Waals surface area contributed by atoms with E-state index in [1.165, 1.54) is 0 Å². The van der Waals surface area contributed by atoms with E-state index in [2.05, 4.69) is 5.32 Å². The third-order valence-electron chi connectivity index (χ3n) is 4.29. The normalized spacial score (nSPS) is 27.6. The highest BCUT2D eigenvalue weighted by atomic mass is 16.5. The predicted molar refractivity (Wildman–Crippen MR) is 76.2 cm³/mol. The van der Waals surface area contributed by atoms with Crippen LogP contribution in [0.5, 0.6) is 0 Å². The maximum Gasteiger partial charge on any atom is 0.224 e. The van der Waals surface area contributed by atoms with Crippen molar-refractivity contribution in [3.05, 3.63) is 0 Å². The first-order valence-corrected chi connectivity index (χ1v) is 7.76. The molecule has 2 fully saturated rings. The molecule has 114 valence electrons. The molecule has 5 heteroatoms. The van der Waals surface area contributed by atoms with Gasteiger partial charge in [-0.25, -0.2) is 0 Å². The Hall–Kier alpha value is -1.10. The van der Waals surface area contributed by atoms with Gasteiger partial charge >= 0.3 is 0 Å². The van der Waals surface area contributed by atoms with Crippen molar-refractivity contribution >= 4 is 11.8 Å². The first-order chi connectivity index (χ1) is 9.58. The summed E-state index contributed by atoms with van der Waals surface area (Å²) in [4.78, 5) is 25.9. The fourth-order valence-corrected chi connectivity index (χ4v) is 3.02. The number of morpholine rings is 1. The maximum absolute atomic E-state index is 12.2. The van der Waals surface area contributed by atoms with E-state index < -0.39 is 0 Å². The average molecular weight is 282 g/mol. The molecule has 2 aliphatic rings. The second-order valence-corrected chi connectivity index (χ2v) is 6.06. The van der Waals surface area contributed by atoms with Crippen LogP contribution in [0.1, 0.15) is 46.0 Å². The van der Waals surface area contributed by atoms with Crippen molar-refractivity contribution in [2.24, 2.45) is 5.92 Å². The minimum Gasteiger partial charge on any atom is -0.375 e. The predicted octanol–water partition coefficient (Wildman–Crippen LogP) is 1.32. The number of carbonyl (C=O) groups is 2. The molecule has 5 nitrogen and oxygen atoms in total. The first-order valence-electron chi connectivity index (χ1n) is 7.76. The number of nitrogens with one attached hydrogen (secondary N) is 1. The van der Waals surface area contributed by atoms with Crippen molar-refractivity contribution in [3.8, 4) is 0 Å². The number of carbonyl (C=O) groups excluding carboxylic acids is 2. The molecule has 2 atom stereocenters. The van der Waals surface area contributed by atoms with Gasteiger partial charge in [0.1, 0.15) is 0 Å². The summed E-state index contributed by atoms with van der Waals surface area (Å²) < 4.78 is 5.52. The van der Waals surface area contributed by atoms with Crippen LogP contribution in [0.3, 0.4) is 0 Å². The van der Waals surface area contributed by atoms with Crippen molar-refractivity contribution in [2.45, 2.75) is 58.1 Å². The zero-order valence-corrected chi connectivity index (χ0v) is 12.6. The molecular weight excluding hydrogens is 256 g/mol. The number of hydrogen-bond acceptors (Lipinski definition) is 3. The summed E-state index contributed by atoms with van der Waals surface area (Å²) in [6.07, 6.45) is 4.79. The van der Waals surface area contributed by atoms with Crippen LogP contribution in [-0.4, -0.2) is 48.6 Å². The van der Waals surface area contributed by atoms with Gasteiger partial charge in [0.15, 0.2) is 0 Å². The van der Waals surface area contributed by atoms with Crippen LogP contribution in [-0.2, 0) is 14.3 Å². The second-order valence-electron chi connectivity index (χ2n) is 6.06. The molecule has 2 amide bonds. The Morgan fingerprint density at radius 3 is 2.65 bits per heavy atom. The van der Waals surface area contributed by atoms with Gasteiger partial charge < -0.3 is 15.0 Å². The molecule has 0 spiro atoms. The lowest BCUT2D eigenvalue weighted by Gasteiger charge is -2.36. The summed E-state index contributed by atoms with van der Waals surface area (Å²) in [5.41, 5.74) is 0. The van der Waals surface area contributed by atoms with Gasteiger partial charge in [0.05, 0.1) is 18.8 Å². The second kappa shape index (κ2) is 7.07. The molecule has 2 unspecified atom stereocenters. The Labute approximate surface area is 121 Å². The molecule has 0 aromatic rings. The summed E-state index contributed by atoms with van der Waals surface area (Å²) in [7, 11) is 0. The summed E-state index contributed by atoms with van der Waals surface area (Å²) in [6, 6.07) is 0.129. The van der Waals surface area contributed by atoms with Crippen molar-refractivity contribution in [2.75, 3.05) is 19.7 Å². The Bertz CT molecular complexity index is 353. The monoisotopic (exact) mass is 282 g/mol. The largest absolute Gasteiger partial charge is 0.375 e. The van der Waals surface area contributed by atoms with Crippen molar-refractivity contribution < 1.29 is 14.3 Å². The van der Waals surface area contributed by atoms with Gasteiger partial charge in [-0.05, 0) is 26.7 Å². The number of rotatable bonds is 4. The highest BCUT2D eigenvalue weighted by molar-refractivity contribution is 5.80. The van der Waals surface area contributed by atoms with E-state index in [0.717, 1.165) is 25.7 Å².